The summed E-state index contributed by atoms with van der Waals surface area (Å²) in [5.41, 5.74) is 0.446. The largest absolute Gasteiger partial charge is 0.379 e. The zero-order valence-corrected chi connectivity index (χ0v) is 11.1. The Balaban J connectivity index is 1.87. The van der Waals surface area contributed by atoms with E-state index in [0.717, 1.165) is 31.3 Å². The number of hydrogen-bond donors (Lipinski definition) is 1. The van der Waals surface area contributed by atoms with Crippen molar-refractivity contribution in [1.29, 1.82) is 0 Å². The molecule has 2 rings (SSSR count). The highest BCUT2D eigenvalue weighted by molar-refractivity contribution is 8.13. The second-order valence-electron chi connectivity index (χ2n) is 4.82. The average molecular weight is 242 g/mol. The van der Waals surface area contributed by atoms with Crippen LogP contribution in [0.3, 0.4) is 0 Å². The second kappa shape index (κ2) is 5.41. The molecule has 0 spiro atoms. The van der Waals surface area contributed by atoms with E-state index in [0.29, 0.717) is 11.5 Å². The molecule has 1 fully saturated rings. The molecule has 16 heavy (non-hydrogen) atoms. The number of aliphatic imine (C=N–C) groups is 1. The van der Waals surface area contributed by atoms with Crippen LogP contribution in [-0.4, -0.2) is 36.7 Å². The summed E-state index contributed by atoms with van der Waals surface area (Å²) in [4.78, 5) is 4.70. The van der Waals surface area contributed by atoms with E-state index >= 15 is 0 Å². The van der Waals surface area contributed by atoms with Gasteiger partial charge in [-0.2, -0.15) is 0 Å². The molecule has 1 N–H and O–H groups in total. The molecule has 3 nitrogen and oxygen atoms in total. The number of hydrogen-bond acceptors (Lipinski definition) is 4. The zero-order valence-electron chi connectivity index (χ0n) is 10.3. The van der Waals surface area contributed by atoms with Gasteiger partial charge in [0.1, 0.15) is 0 Å². The van der Waals surface area contributed by atoms with Crippen LogP contribution in [0.1, 0.15) is 33.1 Å². The van der Waals surface area contributed by atoms with Crippen molar-refractivity contribution in [2.45, 2.75) is 39.2 Å². The maximum Gasteiger partial charge on any atom is 0.156 e. The maximum absolute atomic E-state index is 5.36. The fraction of sp³-hybridized carbons (Fsp3) is 0.917. The van der Waals surface area contributed by atoms with E-state index in [1.807, 2.05) is 11.8 Å². The highest BCUT2D eigenvalue weighted by atomic mass is 32.2. The van der Waals surface area contributed by atoms with Crippen molar-refractivity contribution in [3.63, 3.8) is 0 Å². The minimum atomic E-state index is 0.446. The van der Waals surface area contributed by atoms with Crippen LogP contribution in [0.5, 0.6) is 0 Å². The number of nitrogens with zero attached hydrogens (tertiary/aromatic N) is 1. The second-order valence-corrected chi connectivity index (χ2v) is 5.79. The van der Waals surface area contributed by atoms with Crippen molar-refractivity contribution in [1.82, 2.24) is 5.32 Å². The minimum Gasteiger partial charge on any atom is -0.379 e. The molecule has 0 amide bonds. The molecule has 2 aliphatic heterocycles. The lowest BCUT2D eigenvalue weighted by molar-refractivity contribution is 0.192. The average Bonchev–Trinajstić information content (AvgIpc) is 2.83. The van der Waals surface area contributed by atoms with Crippen LogP contribution in [0.4, 0.5) is 0 Å². The lowest BCUT2D eigenvalue weighted by Crippen LogP contribution is -2.39. The molecule has 0 aromatic carbocycles. The number of nitrogens with one attached hydrogen (secondary N) is 1. The van der Waals surface area contributed by atoms with E-state index < -0.39 is 0 Å². The van der Waals surface area contributed by atoms with E-state index in [9.17, 15) is 0 Å². The standard InChI is InChI=1S/C12H22N2OS/c1-3-12(4-2)8-13-11(16-9-12)14-10-5-6-15-7-10/h10H,3-9H2,1-2H3,(H,13,14). The van der Waals surface area contributed by atoms with Gasteiger partial charge >= 0.3 is 0 Å². The Hall–Kier alpha value is -0.220. The van der Waals surface area contributed by atoms with Gasteiger partial charge in [0, 0.05) is 18.9 Å². The summed E-state index contributed by atoms with van der Waals surface area (Å²) < 4.78 is 5.36. The summed E-state index contributed by atoms with van der Waals surface area (Å²) in [6, 6.07) is 0.488. The topological polar surface area (TPSA) is 33.6 Å². The first kappa shape index (κ1) is 12.2. The Morgan fingerprint density at radius 1 is 1.50 bits per heavy atom. The van der Waals surface area contributed by atoms with Crippen LogP contribution in [0.15, 0.2) is 4.99 Å². The van der Waals surface area contributed by atoms with Crippen molar-refractivity contribution in [3.8, 4) is 0 Å². The fourth-order valence-electron chi connectivity index (χ4n) is 2.14. The number of amidine groups is 1. The third-order valence-corrected chi connectivity index (χ3v) is 5.11. The predicted octanol–water partition coefficient (Wildman–Crippen LogP) is 2.27. The Morgan fingerprint density at radius 2 is 2.31 bits per heavy atom. The predicted molar refractivity (Wildman–Crippen MR) is 70.1 cm³/mol. The summed E-state index contributed by atoms with van der Waals surface area (Å²) in [6.45, 7) is 7.28. The fourth-order valence-corrected chi connectivity index (χ4v) is 3.49. The third kappa shape index (κ3) is 2.72. The molecule has 1 atom stereocenters. The van der Waals surface area contributed by atoms with Gasteiger partial charge in [0.05, 0.1) is 12.6 Å². The van der Waals surface area contributed by atoms with Crippen molar-refractivity contribution < 1.29 is 4.74 Å². The van der Waals surface area contributed by atoms with E-state index in [-0.39, 0.29) is 0 Å². The molecule has 2 heterocycles. The summed E-state index contributed by atoms with van der Waals surface area (Å²) in [5.74, 6) is 1.21. The Morgan fingerprint density at radius 3 is 2.81 bits per heavy atom. The van der Waals surface area contributed by atoms with Crippen LogP contribution in [-0.2, 0) is 4.74 Å². The van der Waals surface area contributed by atoms with Crippen LogP contribution in [0, 0.1) is 5.41 Å². The molecule has 2 aliphatic rings. The number of thioether (sulfide) groups is 1. The smallest absolute Gasteiger partial charge is 0.156 e. The van der Waals surface area contributed by atoms with Gasteiger partial charge < -0.3 is 10.1 Å². The van der Waals surface area contributed by atoms with Crippen LogP contribution >= 0.6 is 11.8 Å². The monoisotopic (exact) mass is 242 g/mol. The molecule has 0 aliphatic carbocycles. The van der Waals surface area contributed by atoms with Gasteiger partial charge in [-0.05, 0) is 24.7 Å². The van der Waals surface area contributed by atoms with Crippen LogP contribution < -0.4 is 5.32 Å². The van der Waals surface area contributed by atoms with Gasteiger partial charge in [0.2, 0.25) is 0 Å². The highest BCUT2D eigenvalue weighted by Gasteiger charge is 2.30. The molecule has 0 radical (unpaired) electrons. The molecular formula is C12H22N2OS. The van der Waals surface area contributed by atoms with Gasteiger partial charge in [-0.15, -0.1) is 0 Å². The lowest BCUT2D eigenvalue weighted by Gasteiger charge is -2.33. The van der Waals surface area contributed by atoms with Crippen molar-refractivity contribution in [3.05, 3.63) is 0 Å². The third-order valence-electron chi connectivity index (χ3n) is 3.83. The van der Waals surface area contributed by atoms with Gasteiger partial charge in [0.15, 0.2) is 5.17 Å². The van der Waals surface area contributed by atoms with E-state index in [2.05, 4.69) is 19.2 Å². The summed E-state index contributed by atoms with van der Waals surface area (Å²) in [6.07, 6.45) is 3.59. The van der Waals surface area contributed by atoms with Crippen LogP contribution in [0.25, 0.3) is 0 Å². The summed E-state index contributed by atoms with van der Waals surface area (Å²) in [7, 11) is 0. The summed E-state index contributed by atoms with van der Waals surface area (Å²) >= 11 is 1.89. The number of rotatable bonds is 3. The normalized spacial score (nSPS) is 28.9. The summed E-state index contributed by atoms with van der Waals surface area (Å²) in [5, 5.41) is 4.62. The van der Waals surface area contributed by atoms with Gasteiger partial charge in [0.25, 0.3) is 0 Å². The van der Waals surface area contributed by atoms with Crippen molar-refractivity contribution in [2.75, 3.05) is 25.5 Å². The quantitative estimate of drug-likeness (QED) is 0.824. The van der Waals surface area contributed by atoms with Gasteiger partial charge in [-0.1, -0.05) is 25.6 Å². The molecule has 0 bridgehead atoms. The lowest BCUT2D eigenvalue weighted by atomic mass is 9.84. The molecule has 0 saturated carbocycles. The Kier molecular flexibility index (Phi) is 4.14. The molecular weight excluding hydrogens is 220 g/mol. The van der Waals surface area contributed by atoms with E-state index in [1.165, 1.54) is 18.6 Å². The molecule has 4 heteroatoms. The molecule has 1 unspecified atom stereocenters. The van der Waals surface area contributed by atoms with Gasteiger partial charge in [-0.3, -0.25) is 4.99 Å². The first-order chi connectivity index (χ1) is 7.78. The molecule has 92 valence electrons. The van der Waals surface area contributed by atoms with E-state index in [1.54, 1.807) is 0 Å². The van der Waals surface area contributed by atoms with Crippen LogP contribution in [0.2, 0.25) is 0 Å². The Bertz CT molecular complexity index is 258. The first-order valence-corrected chi connectivity index (χ1v) is 7.28. The highest BCUT2D eigenvalue weighted by Crippen LogP contribution is 2.34. The molecule has 0 aromatic heterocycles. The number of ether oxygens (including phenoxy) is 1. The molecule has 1 saturated heterocycles. The van der Waals surface area contributed by atoms with Crippen molar-refractivity contribution >= 4 is 16.9 Å². The SMILES string of the molecule is CCC1(CC)CN=C(NC2CCOC2)SC1. The maximum atomic E-state index is 5.36. The van der Waals surface area contributed by atoms with Gasteiger partial charge in [-0.25, -0.2) is 0 Å². The Labute approximate surface area is 102 Å². The first-order valence-electron chi connectivity index (χ1n) is 6.29. The zero-order chi connectivity index (χ0) is 11.4. The molecule has 0 aromatic rings. The minimum absolute atomic E-state index is 0.446. The van der Waals surface area contributed by atoms with Crippen molar-refractivity contribution in [2.24, 2.45) is 10.4 Å². The van der Waals surface area contributed by atoms with E-state index in [4.69, 9.17) is 9.73 Å².